The van der Waals surface area contributed by atoms with Crippen molar-refractivity contribution in [3.8, 4) is 0 Å². The highest BCUT2D eigenvalue weighted by Crippen LogP contribution is 2.30. The Balaban J connectivity index is 2.79. The standard InChI is InChI=1S/C10H10F2N2/c1-14-5-8(10(11)12)7-4-6(13)2-3-9(7)14/h2-5,10H,13H2,1H3. The predicted octanol–water partition coefficient (Wildman–Crippen LogP) is 2.70. The number of nitrogens with two attached hydrogens (primary N) is 1. The van der Waals surface area contributed by atoms with Crippen LogP contribution in [0.1, 0.15) is 12.0 Å². The van der Waals surface area contributed by atoms with Crippen molar-refractivity contribution in [2.45, 2.75) is 6.43 Å². The number of hydrogen-bond acceptors (Lipinski definition) is 1. The van der Waals surface area contributed by atoms with E-state index in [1.807, 2.05) is 0 Å². The molecule has 0 spiro atoms. The van der Waals surface area contributed by atoms with Crippen molar-refractivity contribution in [2.24, 2.45) is 7.05 Å². The monoisotopic (exact) mass is 196 g/mol. The summed E-state index contributed by atoms with van der Waals surface area (Å²) in [5.74, 6) is 0. The maximum Gasteiger partial charge on any atom is 0.265 e. The van der Waals surface area contributed by atoms with Crippen molar-refractivity contribution in [3.05, 3.63) is 30.0 Å². The van der Waals surface area contributed by atoms with Crippen LogP contribution in [-0.2, 0) is 7.05 Å². The molecule has 0 aliphatic heterocycles. The van der Waals surface area contributed by atoms with Crippen LogP contribution >= 0.6 is 0 Å². The first-order chi connectivity index (χ1) is 6.59. The number of alkyl halides is 2. The molecule has 4 heteroatoms. The van der Waals surface area contributed by atoms with Crippen molar-refractivity contribution >= 4 is 16.6 Å². The van der Waals surface area contributed by atoms with Gasteiger partial charge >= 0.3 is 0 Å². The molecule has 0 bridgehead atoms. The second-order valence-corrected chi connectivity index (χ2v) is 3.27. The molecular formula is C10H10F2N2. The number of fused-ring (bicyclic) bond motifs is 1. The van der Waals surface area contributed by atoms with Gasteiger partial charge in [-0.2, -0.15) is 0 Å². The van der Waals surface area contributed by atoms with Gasteiger partial charge in [-0.3, -0.25) is 0 Å². The summed E-state index contributed by atoms with van der Waals surface area (Å²) >= 11 is 0. The van der Waals surface area contributed by atoms with E-state index in [4.69, 9.17) is 5.73 Å². The normalized spacial score (nSPS) is 11.4. The zero-order valence-electron chi connectivity index (χ0n) is 7.67. The van der Waals surface area contributed by atoms with Gasteiger partial charge in [0.25, 0.3) is 6.43 Å². The molecular weight excluding hydrogens is 186 g/mol. The zero-order valence-corrected chi connectivity index (χ0v) is 7.67. The van der Waals surface area contributed by atoms with Crippen molar-refractivity contribution in [2.75, 3.05) is 5.73 Å². The van der Waals surface area contributed by atoms with Gasteiger partial charge in [-0.25, -0.2) is 8.78 Å². The van der Waals surface area contributed by atoms with Crippen LogP contribution in [0.4, 0.5) is 14.5 Å². The Kier molecular flexibility index (Phi) is 1.91. The summed E-state index contributed by atoms with van der Waals surface area (Å²) in [5.41, 5.74) is 6.86. The van der Waals surface area contributed by atoms with Gasteiger partial charge in [0, 0.05) is 35.4 Å². The molecule has 1 aromatic heterocycles. The molecule has 0 aliphatic rings. The van der Waals surface area contributed by atoms with Gasteiger partial charge in [-0.05, 0) is 18.2 Å². The van der Waals surface area contributed by atoms with Crippen LogP contribution in [0.2, 0.25) is 0 Å². The Morgan fingerprint density at radius 1 is 1.36 bits per heavy atom. The number of halogens is 2. The topological polar surface area (TPSA) is 30.9 Å². The highest BCUT2D eigenvalue weighted by atomic mass is 19.3. The summed E-state index contributed by atoms with van der Waals surface area (Å²) in [6, 6.07) is 5.03. The molecule has 2 rings (SSSR count). The molecule has 0 aliphatic carbocycles. The predicted molar refractivity (Wildman–Crippen MR) is 52.3 cm³/mol. The number of aryl methyl sites for hydroxylation is 1. The van der Waals surface area contributed by atoms with Gasteiger partial charge in [-0.15, -0.1) is 0 Å². The van der Waals surface area contributed by atoms with Gasteiger partial charge in [-0.1, -0.05) is 0 Å². The molecule has 0 fully saturated rings. The molecule has 1 aromatic carbocycles. The first-order valence-corrected chi connectivity index (χ1v) is 4.22. The SMILES string of the molecule is Cn1cc(C(F)F)c2cc(N)ccc21. The molecule has 0 amide bonds. The highest BCUT2D eigenvalue weighted by molar-refractivity contribution is 5.86. The molecule has 2 aromatic rings. The molecule has 2 nitrogen and oxygen atoms in total. The minimum absolute atomic E-state index is 0.0369. The molecule has 0 saturated carbocycles. The lowest BCUT2D eigenvalue weighted by Crippen LogP contribution is -1.86. The minimum atomic E-state index is -2.46. The number of rotatable bonds is 1. The van der Waals surface area contributed by atoms with E-state index in [9.17, 15) is 8.78 Å². The molecule has 1 heterocycles. The number of benzene rings is 1. The van der Waals surface area contributed by atoms with Crippen molar-refractivity contribution < 1.29 is 8.78 Å². The summed E-state index contributed by atoms with van der Waals surface area (Å²) in [5, 5.41) is 0.530. The maximum absolute atomic E-state index is 12.6. The van der Waals surface area contributed by atoms with E-state index in [0.717, 1.165) is 5.52 Å². The Labute approximate surface area is 79.9 Å². The minimum Gasteiger partial charge on any atom is -0.399 e. The van der Waals surface area contributed by atoms with E-state index in [-0.39, 0.29) is 5.56 Å². The number of anilines is 1. The van der Waals surface area contributed by atoms with E-state index >= 15 is 0 Å². The number of nitrogen functional groups attached to an aromatic ring is 1. The van der Waals surface area contributed by atoms with Crippen LogP contribution in [0.25, 0.3) is 10.9 Å². The second kappa shape index (κ2) is 2.97. The van der Waals surface area contributed by atoms with Gasteiger partial charge in [0.05, 0.1) is 0 Å². The quantitative estimate of drug-likeness (QED) is 0.698. The number of hydrogen-bond donors (Lipinski definition) is 1. The summed E-state index contributed by atoms with van der Waals surface area (Å²) in [6.07, 6.45) is -1.02. The van der Waals surface area contributed by atoms with Crippen molar-refractivity contribution in [1.29, 1.82) is 0 Å². The van der Waals surface area contributed by atoms with Gasteiger partial charge in [0.2, 0.25) is 0 Å². The average Bonchev–Trinajstić information content (AvgIpc) is 2.43. The van der Waals surface area contributed by atoms with Crippen LogP contribution in [0.15, 0.2) is 24.4 Å². The third-order valence-electron chi connectivity index (χ3n) is 2.28. The Hall–Kier alpha value is -1.58. The number of aromatic nitrogens is 1. The largest absolute Gasteiger partial charge is 0.399 e. The maximum atomic E-state index is 12.6. The molecule has 14 heavy (non-hydrogen) atoms. The molecule has 0 atom stereocenters. The van der Waals surface area contributed by atoms with E-state index in [2.05, 4.69) is 0 Å². The Morgan fingerprint density at radius 2 is 2.07 bits per heavy atom. The van der Waals surface area contributed by atoms with Crippen LogP contribution < -0.4 is 5.73 Å². The fraction of sp³-hybridized carbons (Fsp3) is 0.200. The van der Waals surface area contributed by atoms with E-state index in [0.29, 0.717) is 11.1 Å². The molecule has 74 valence electrons. The highest BCUT2D eigenvalue weighted by Gasteiger charge is 2.14. The Morgan fingerprint density at radius 3 is 2.71 bits per heavy atom. The lowest BCUT2D eigenvalue weighted by atomic mass is 10.1. The second-order valence-electron chi connectivity index (χ2n) is 3.27. The molecule has 2 N–H and O–H groups in total. The zero-order chi connectivity index (χ0) is 10.3. The summed E-state index contributed by atoms with van der Waals surface area (Å²) in [4.78, 5) is 0. The lowest BCUT2D eigenvalue weighted by molar-refractivity contribution is 0.153. The van der Waals surface area contributed by atoms with Crippen molar-refractivity contribution in [3.63, 3.8) is 0 Å². The Bertz CT molecular complexity index is 474. The van der Waals surface area contributed by atoms with Crippen LogP contribution in [0.5, 0.6) is 0 Å². The first-order valence-electron chi connectivity index (χ1n) is 4.22. The van der Waals surface area contributed by atoms with Crippen LogP contribution in [0.3, 0.4) is 0 Å². The third kappa shape index (κ3) is 1.23. The fourth-order valence-electron chi connectivity index (χ4n) is 1.61. The smallest absolute Gasteiger partial charge is 0.265 e. The average molecular weight is 196 g/mol. The molecule has 0 radical (unpaired) electrons. The van der Waals surface area contributed by atoms with Crippen LogP contribution in [0, 0.1) is 0 Å². The van der Waals surface area contributed by atoms with E-state index in [1.165, 1.54) is 6.20 Å². The molecule has 0 unspecified atom stereocenters. The third-order valence-corrected chi connectivity index (χ3v) is 2.28. The number of nitrogens with zero attached hydrogens (tertiary/aromatic N) is 1. The summed E-state index contributed by atoms with van der Waals surface area (Å²) in [7, 11) is 1.74. The van der Waals surface area contributed by atoms with Crippen LogP contribution in [-0.4, -0.2) is 4.57 Å². The van der Waals surface area contributed by atoms with Gasteiger partial charge < -0.3 is 10.3 Å². The lowest BCUT2D eigenvalue weighted by Gasteiger charge is -1.98. The van der Waals surface area contributed by atoms with E-state index in [1.54, 1.807) is 29.8 Å². The van der Waals surface area contributed by atoms with Gasteiger partial charge in [0.1, 0.15) is 0 Å². The first kappa shape index (κ1) is 8.99. The van der Waals surface area contributed by atoms with E-state index < -0.39 is 6.43 Å². The fourth-order valence-corrected chi connectivity index (χ4v) is 1.61. The van der Waals surface area contributed by atoms with Crippen molar-refractivity contribution in [1.82, 2.24) is 4.57 Å². The summed E-state index contributed by atoms with van der Waals surface area (Å²) in [6.45, 7) is 0. The molecule has 0 saturated heterocycles. The van der Waals surface area contributed by atoms with Gasteiger partial charge in [0.15, 0.2) is 0 Å². The summed E-state index contributed by atoms with van der Waals surface area (Å²) < 4.78 is 26.9.